The van der Waals surface area contributed by atoms with Gasteiger partial charge in [-0.15, -0.1) is 0 Å². The maximum absolute atomic E-state index is 12.7. The van der Waals surface area contributed by atoms with Crippen molar-refractivity contribution in [3.8, 4) is 22.3 Å². The largest absolute Gasteiger partial charge is 0.379 e. The van der Waals surface area contributed by atoms with Gasteiger partial charge in [-0.25, -0.2) is 8.42 Å². The fraction of sp³-hybridized carbons (Fsp3) is 0.226. The first-order chi connectivity index (χ1) is 18.1. The van der Waals surface area contributed by atoms with Gasteiger partial charge in [0.1, 0.15) is 0 Å². The van der Waals surface area contributed by atoms with Crippen LogP contribution in [-0.4, -0.2) is 38.8 Å². The summed E-state index contributed by atoms with van der Waals surface area (Å²) in [4.78, 5) is 17.3. The van der Waals surface area contributed by atoms with Crippen molar-refractivity contribution in [2.45, 2.75) is 30.7 Å². The van der Waals surface area contributed by atoms with Crippen LogP contribution in [0.4, 0.5) is 0 Å². The predicted molar refractivity (Wildman–Crippen MR) is 149 cm³/mol. The van der Waals surface area contributed by atoms with Gasteiger partial charge in [-0.1, -0.05) is 55.5 Å². The van der Waals surface area contributed by atoms with E-state index in [9.17, 15) is 13.2 Å². The highest BCUT2D eigenvalue weighted by molar-refractivity contribution is 7.90. The fourth-order valence-electron chi connectivity index (χ4n) is 4.70. The van der Waals surface area contributed by atoms with Gasteiger partial charge in [-0.2, -0.15) is 0 Å². The van der Waals surface area contributed by atoms with Crippen molar-refractivity contribution in [1.29, 1.82) is 0 Å². The smallest absolute Gasteiger partial charge is 0.251 e. The molecule has 0 saturated carbocycles. The molecule has 5 rings (SSSR count). The molecule has 7 heteroatoms. The van der Waals surface area contributed by atoms with Crippen LogP contribution in [0.3, 0.4) is 0 Å². The summed E-state index contributed by atoms with van der Waals surface area (Å²) in [6.07, 6.45) is 2.87. The first-order valence-corrected chi connectivity index (χ1v) is 14.3. The van der Waals surface area contributed by atoms with Gasteiger partial charge < -0.3 is 10.1 Å². The minimum Gasteiger partial charge on any atom is -0.379 e. The summed E-state index contributed by atoms with van der Waals surface area (Å²) in [6.45, 7) is 5.65. The van der Waals surface area contributed by atoms with Crippen molar-refractivity contribution >= 4 is 15.7 Å². The van der Waals surface area contributed by atoms with Gasteiger partial charge in [-0.3, -0.25) is 9.78 Å². The Bertz CT molecular complexity index is 1620. The summed E-state index contributed by atoms with van der Waals surface area (Å²) in [5.41, 5.74) is 7.30. The minimum absolute atomic E-state index is 0.0724. The zero-order valence-electron chi connectivity index (χ0n) is 21.7. The standard InChI is InChI=1S/C31H30N2O4S/c1-21-10-11-26(17-29(21)38(3,35)36)30(34)33-18-28-16-25(12-13-32-28)23-7-4-6-22(14-23)24-8-5-9-27(15-24)31(2)19-37-20-31/h4-17H,18-20H2,1-3H3,(H,33,34). The molecule has 1 amide bonds. The van der Waals surface area contributed by atoms with E-state index >= 15 is 0 Å². The van der Waals surface area contributed by atoms with Gasteiger partial charge in [0.2, 0.25) is 0 Å². The molecular formula is C31H30N2O4S. The number of aryl methyl sites for hydroxylation is 1. The number of hydrogen-bond acceptors (Lipinski definition) is 5. The highest BCUT2D eigenvalue weighted by Crippen LogP contribution is 2.34. The number of carbonyl (C=O) groups excluding carboxylic acids is 1. The Balaban J connectivity index is 1.33. The number of nitrogens with one attached hydrogen (secondary N) is 1. The number of amides is 1. The third-order valence-corrected chi connectivity index (χ3v) is 8.27. The van der Waals surface area contributed by atoms with Crippen molar-refractivity contribution in [2.75, 3.05) is 19.5 Å². The molecule has 0 bridgehead atoms. The van der Waals surface area contributed by atoms with E-state index in [1.165, 1.54) is 11.6 Å². The Morgan fingerprint density at radius 2 is 1.58 bits per heavy atom. The third kappa shape index (κ3) is 5.39. The van der Waals surface area contributed by atoms with E-state index in [2.05, 4.69) is 59.7 Å². The van der Waals surface area contributed by atoms with E-state index in [-0.39, 0.29) is 22.8 Å². The van der Waals surface area contributed by atoms with E-state index in [0.717, 1.165) is 41.7 Å². The van der Waals surface area contributed by atoms with Crippen LogP contribution >= 0.6 is 0 Å². The molecule has 4 aromatic rings. The van der Waals surface area contributed by atoms with Crippen LogP contribution in [0.5, 0.6) is 0 Å². The third-order valence-electron chi connectivity index (χ3n) is 7.03. The zero-order chi connectivity index (χ0) is 26.9. The van der Waals surface area contributed by atoms with E-state index in [1.807, 2.05) is 18.2 Å². The number of benzene rings is 3. The Hall–Kier alpha value is -3.81. The molecule has 0 unspecified atom stereocenters. The van der Waals surface area contributed by atoms with E-state index < -0.39 is 9.84 Å². The van der Waals surface area contributed by atoms with Gasteiger partial charge in [0.25, 0.3) is 5.91 Å². The van der Waals surface area contributed by atoms with Gasteiger partial charge >= 0.3 is 0 Å². The summed E-state index contributed by atoms with van der Waals surface area (Å²) in [6, 6.07) is 25.6. The molecule has 3 aromatic carbocycles. The molecule has 2 heterocycles. The second kappa shape index (κ2) is 10.2. The normalized spacial score (nSPS) is 14.5. The lowest BCUT2D eigenvalue weighted by Crippen LogP contribution is -2.43. The van der Waals surface area contributed by atoms with Gasteiger partial charge in [0.15, 0.2) is 9.84 Å². The van der Waals surface area contributed by atoms with E-state index in [0.29, 0.717) is 16.8 Å². The van der Waals surface area contributed by atoms with Gasteiger partial charge in [0.05, 0.1) is 30.3 Å². The number of rotatable bonds is 7. The first-order valence-electron chi connectivity index (χ1n) is 12.5. The maximum atomic E-state index is 12.7. The highest BCUT2D eigenvalue weighted by Gasteiger charge is 2.35. The number of hydrogen-bond donors (Lipinski definition) is 1. The molecule has 0 atom stereocenters. The molecule has 1 aliphatic rings. The monoisotopic (exact) mass is 526 g/mol. The molecule has 194 valence electrons. The van der Waals surface area contributed by atoms with E-state index in [4.69, 9.17) is 4.74 Å². The Labute approximate surface area is 223 Å². The second-order valence-electron chi connectivity index (χ2n) is 10.2. The molecule has 1 aliphatic heterocycles. The lowest BCUT2D eigenvalue weighted by Gasteiger charge is -2.38. The highest BCUT2D eigenvalue weighted by atomic mass is 32.2. The van der Waals surface area contributed by atoms with Crippen LogP contribution in [0.15, 0.2) is 90.0 Å². The van der Waals surface area contributed by atoms with Crippen molar-refractivity contribution in [3.05, 3.63) is 107 Å². The number of sulfone groups is 1. The number of nitrogens with zero attached hydrogens (tertiary/aromatic N) is 1. The van der Waals surface area contributed by atoms with Crippen molar-refractivity contribution in [1.82, 2.24) is 10.3 Å². The van der Waals surface area contributed by atoms with Crippen LogP contribution in [-0.2, 0) is 26.5 Å². The lowest BCUT2D eigenvalue weighted by molar-refractivity contribution is -0.0499. The first kappa shape index (κ1) is 25.8. The topological polar surface area (TPSA) is 85.4 Å². The summed E-state index contributed by atoms with van der Waals surface area (Å²) < 4.78 is 29.5. The number of carbonyl (C=O) groups is 1. The minimum atomic E-state index is -3.42. The fourth-order valence-corrected chi connectivity index (χ4v) is 5.69. The Morgan fingerprint density at radius 3 is 2.24 bits per heavy atom. The van der Waals surface area contributed by atoms with Crippen LogP contribution < -0.4 is 5.32 Å². The number of pyridine rings is 1. The second-order valence-corrected chi connectivity index (χ2v) is 12.2. The lowest BCUT2D eigenvalue weighted by atomic mass is 9.80. The molecule has 0 radical (unpaired) electrons. The van der Waals surface area contributed by atoms with Crippen molar-refractivity contribution in [2.24, 2.45) is 0 Å². The average molecular weight is 527 g/mol. The van der Waals surface area contributed by atoms with Crippen LogP contribution in [0, 0.1) is 6.92 Å². The SMILES string of the molecule is Cc1ccc(C(=O)NCc2cc(-c3cccc(-c4cccc(C5(C)COC5)c4)c3)ccn2)cc1S(C)(=O)=O. The van der Waals surface area contributed by atoms with E-state index in [1.54, 1.807) is 25.3 Å². The molecular weight excluding hydrogens is 496 g/mol. The molecule has 38 heavy (non-hydrogen) atoms. The van der Waals surface area contributed by atoms with Gasteiger partial charge in [-0.05, 0) is 70.6 Å². The van der Waals surface area contributed by atoms with Crippen LogP contribution in [0.25, 0.3) is 22.3 Å². The molecule has 0 spiro atoms. The zero-order valence-corrected chi connectivity index (χ0v) is 22.5. The van der Waals surface area contributed by atoms with Crippen LogP contribution in [0.2, 0.25) is 0 Å². The molecule has 6 nitrogen and oxygen atoms in total. The summed E-state index contributed by atoms with van der Waals surface area (Å²) in [5, 5.41) is 2.85. The maximum Gasteiger partial charge on any atom is 0.251 e. The molecule has 1 aromatic heterocycles. The van der Waals surface area contributed by atoms with Crippen LogP contribution in [0.1, 0.15) is 34.1 Å². The quantitative estimate of drug-likeness (QED) is 0.351. The molecule has 0 aliphatic carbocycles. The Morgan fingerprint density at radius 1 is 0.921 bits per heavy atom. The number of ether oxygens (including phenoxy) is 1. The van der Waals surface area contributed by atoms with Gasteiger partial charge in [0, 0.05) is 23.4 Å². The van der Waals surface area contributed by atoms with Crippen molar-refractivity contribution in [3.63, 3.8) is 0 Å². The summed E-state index contributed by atoms with van der Waals surface area (Å²) in [7, 11) is -3.42. The number of aromatic nitrogens is 1. The average Bonchev–Trinajstić information content (AvgIpc) is 2.90. The molecule has 1 fully saturated rings. The molecule has 1 N–H and O–H groups in total. The summed E-state index contributed by atoms with van der Waals surface area (Å²) in [5.74, 6) is -0.352. The molecule has 1 saturated heterocycles. The predicted octanol–water partition coefficient (Wildman–Crippen LogP) is 5.35. The van der Waals surface area contributed by atoms with Crippen molar-refractivity contribution < 1.29 is 17.9 Å². The summed E-state index contributed by atoms with van der Waals surface area (Å²) >= 11 is 0. The Kier molecular flexibility index (Phi) is 6.90.